The Morgan fingerprint density at radius 1 is 1.03 bits per heavy atom. The van der Waals surface area contributed by atoms with Crippen molar-refractivity contribution in [3.8, 4) is 23.7 Å². The van der Waals surface area contributed by atoms with E-state index in [9.17, 15) is 14.7 Å². The van der Waals surface area contributed by atoms with Crippen molar-refractivity contribution in [3.05, 3.63) is 64.8 Å². The van der Waals surface area contributed by atoms with Gasteiger partial charge in [0.2, 0.25) is 0 Å². The van der Waals surface area contributed by atoms with Crippen LogP contribution in [0.5, 0.6) is 0 Å². The van der Waals surface area contributed by atoms with E-state index < -0.39 is 22.4 Å². The van der Waals surface area contributed by atoms with Gasteiger partial charge in [-0.3, -0.25) is 4.79 Å². The minimum Gasteiger partial charge on any atom is -0.478 e. The van der Waals surface area contributed by atoms with Crippen LogP contribution in [0, 0.1) is 34.5 Å². The summed E-state index contributed by atoms with van der Waals surface area (Å²) in [6.07, 6.45) is 4.97. The van der Waals surface area contributed by atoms with E-state index in [2.05, 4.69) is 23.7 Å². The predicted octanol–water partition coefficient (Wildman–Crippen LogP) is 4.68. The van der Waals surface area contributed by atoms with Crippen molar-refractivity contribution < 1.29 is 24.5 Å². The van der Waals surface area contributed by atoms with Crippen molar-refractivity contribution in [2.24, 2.45) is 10.8 Å². The van der Waals surface area contributed by atoms with Gasteiger partial charge >= 0.3 is 5.97 Å². The van der Waals surface area contributed by atoms with E-state index in [1.54, 1.807) is 30.4 Å². The molecule has 0 fully saturated rings. The van der Waals surface area contributed by atoms with Gasteiger partial charge in [-0.1, -0.05) is 83.4 Å². The summed E-state index contributed by atoms with van der Waals surface area (Å²) in [5, 5.41) is 18.7. The first kappa shape index (κ1) is 26.9. The molecule has 0 atom stereocenters. The van der Waals surface area contributed by atoms with Gasteiger partial charge in [-0.15, -0.1) is 0 Å². The number of hydrogen-bond acceptors (Lipinski definition) is 4. The average molecular weight is 461 g/mol. The van der Waals surface area contributed by atoms with Crippen molar-refractivity contribution in [3.63, 3.8) is 0 Å². The van der Waals surface area contributed by atoms with Crippen LogP contribution in [0.15, 0.2) is 53.6 Å². The number of carboxylic acid groups (broad SMARTS) is 1. The first-order valence-corrected chi connectivity index (χ1v) is 11.0. The smallest absolute Gasteiger partial charge is 0.336 e. The lowest BCUT2D eigenvalue weighted by Gasteiger charge is -2.36. The molecule has 0 aliphatic heterocycles. The number of hydrogen-bond donors (Lipinski definition) is 2. The Morgan fingerprint density at radius 2 is 1.56 bits per heavy atom. The van der Waals surface area contributed by atoms with E-state index in [-0.39, 0.29) is 18.0 Å². The molecule has 0 aromatic heterocycles. The number of rotatable bonds is 3. The molecule has 0 saturated carbocycles. The third kappa shape index (κ3) is 6.14. The molecule has 0 unspecified atom stereocenters. The number of carbonyl (C=O) groups excluding carboxylic acids is 1. The van der Waals surface area contributed by atoms with Gasteiger partial charge < -0.3 is 14.9 Å². The fourth-order valence-corrected chi connectivity index (χ4v) is 3.52. The van der Waals surface area contributed by atoms with Gasteiger partial charge in [0.15, 0.2) is 11.4 Å². The standard InChI is InChI=1S/C29H32O5/c1-27(2,3)23-18-29(34-7,19-24(25(23)31)28(4,5)6)16-15-20(12-10-11-17-30)21-13-8-9-14-22(21)26(32)33/h8-9,12-14,18-19,30H,17H2,1-7H3,(H,32,33)/b20-12+. The number of allylic oxidation sites excluding steroid dienone is 4. The maximum atomic E-state index is 13.3. The third-order valence-electron chi connectivity index (χ3n) is 5.40. The maximum absolute atomic E-state index is 13.3. The summed E-state index contributed by atoms with van der Waals surface area (Å²) in [4.78, 5) is 25.1. The topological polar surface area (TPSA) is 83.8 Å². The van der Waals surface area contributed by atoms with Crippen molar-refractivity contribution >= 4 is 17.3 Å². The molecule has 2 rings (SSSR count). The average Bonchev–Trinajstić information content (AvgIpc) is 2.75. The summed E-state index contributed by atoms with van der Waals surface area (Å²) in [5.41, 5.74) is -0.0168. The van der Waals surface area contributed by atoms with E-state index >= 15 is 0 Å². The van der Waals surface area contributed by atoms with Crippen LogP contribution in [0.3, 0.4) is 0 Å². The van der Waals surface area contributed by atoms with Crippen LogP contribution in [-0.4, -0.2) is 41.3 Å². The molecule has 1 aliphatic carbocycles. The van der Waals surface area contributed by atoms with Crippen LogP contribution in [0.25, 0.3) is 5.57 Å². The van der Waals surface area contributed by atoms with E-state index in [0.717, 1.165) is 0 Å². The van der Waals surface area contributed by atoms with Gasteiger partial charge in [-0.2, -0.15) is 0 Å². The molecular formula is C29H32O5. The molecule has 178 valence electrons. The molecule has 0 heterocycles. The van der Waals surface area contributed by atoms with E-state index in [1.165, 1.54) is 19.3 Å². The second-order valence-electron chi connectivity index (χ2n) is 10.1. The highest BCUT2D eigenvalue weighted by Crippen LogP contribution is 2.41. The molecule has 34 heavy (non-hydrogen) atoms. The van der Waals surface area contributed by atoms with Crippen LogP contribution in [0.4, 0.5) is 0 Å². The number of aliphatic hydroxyl groups excluding tert-OH is 1. The SMILES string of the molecule is COC1(C#C/C(=C\C#CCO)c2ccccc2C(=O)O)C=C(C(C)(C)C)C(=O)C(C(C)(C)C)=C1. The summed E-state index contributed by atoms with van der Waals surface area (Å²) in [5.74, 6) is 10.3. The number of aromatic carboxylic acids is 1. The van der Waals surface area contributed by atoms with Crippen molar-refractivity contribution in [1.29, 1.82) is 0 Å². The number of methoxy groups -OCH3 is 1. The molecule has 0 saturated heterocycles. The first-order valence-electron chi connectivity index (χ1n) is 11.0. The minimum absolute atomic E-state index is 0.0322. The molecular weight excluding hydrogens is 428 g/mol. The predicted molar refractivity (Wildman–Crippen MR) is 134 cm³/mol. The Hall–Kier alpha value is -3.38. The number of benzene rings is 1. The molecule has 1 aromatic rings. The van der Waals surface area contributed by atoms with E-state index in [1.807, 2.05) is 41.5 Å². The van der Waals surface area contributed by atoms with Crippen LogP contribution >= 0.6 is 0 Å². The normalized spacial score (nSPS) is 15.9. The maximum Gasteiger partial charge on any atom is 0.336 e. The Balaban J connectivity index is 2.81. The molecule has 2 N–H and O–H groups in total. The molecule has 0 bridgehead atoms. The molecule has 1 aromatic carbocycles. The van der Waals surface area contributed by atoms with Gasteiger partial charge in [0.25, 0.3) is 0 Å². The zero-order chi connectivity index (χ0) is 25.7. The number of carboxylic acids is 1. The van der Waals surface area contributed by atoms with Gasteiger partial charge in [0, 0.05) is 35.5 Å². The lowest BCUT2D eigenvalue weighted by molar-refractivity contribution is -0.114. The Morgan fingerprint density at radius 3 is 2.00 bits per heavy atom. The van der Waals surface area contributed by atoms with E-state index in [0.29, 0.717) is 22.3 Å². The Bertz CT molecular complexity index is 1160. The quantitative estimate of drug-likeness (QED) is 0.640. The lowest BCUT2D eigenvalue weighted by atomic mass is 9.70. The van der Waals surface area contributed by atoms with Gasteiger partial charge in [-0.05, 0) is 29.0 Å². The highest BCUT2D eigenvalue weighted by molar-refractivity contribution is 6.11. The summed E-state index contributed by atoms with van der Waals surface area (Å²) in [6, 6.07) is 6.50. The zero-order valence-corrected chi connectivity index (χ0v) is 20.9. The summed E-state index contributed by atoms with van der Waals surface area (Å²) < 4.78 is 5.87. The van der Waals surface area contributed by atoms with Gasteiger partial charge in [0.05, 0.1) is 5.56 Å². The molecule has 5 heteroatoms. The van der Waals surface area contributed by atoms with Gasteiger partial charge in [0.1, 0.15) is 6.61 Å². The monoisotopic (exact) mass is 460 g/mol. The van der Waals surface area contributed by atoms with Crippen LogP contribution in [0.2, 0.25) is 0 Å². The van der Waals surface area contributed by atoms with Crippen LogP contribution in [-0.2, 0) is 9.53 Å². The Kier molecular flexibility index (Phi) is 8.11. The van der Waals surface area contributed by atoms with E-state index in [4.69, 9.17) is 9.84 Å². The third-order valence-corrected chi connectivity index (χ3v) is 5.40. The summed E-state index contributed by atoms with van der Waals surface area (Å²) >= 11 is 0. The van der Waals surface area contributed by atoms with Crippen LogP contribution < -0.4 is 0 Å². The number of Topliss-reactive ketones (excluding diaryl/α,β-unsaturated/α-hetero) is 1. The number of carbonyl (C=O) groups is 2. The largest absolute Gasteiger partial charge is 0.478 e. The van der Waals surface area contributed by atoms with Crippen LogP contribution in [0.1, 0.15) is 57.5 Å². The van der Waals surface area contributed by atoms with Gasteiger partial charge in [-0.25, -0.2) is 4.79 Å². The second-order valence-corrected chi connectivity index (χ2v) is 10.1. The van der Waals surface area contributed by atoms with Crippen molar-refractivity contribution in [2.45, 2.75) is 47.1 Å². The zero-order valence-electron chi connectivity index (χ0n) is 20.9. The Labute approximate surface area is 202 Å². The molecule has 0 spiro atoms. The van der Waals surface area contributed by atoms with Crippen molar-refractivity contribution in [1.82, 2.24) is 0 Å². The molecule has 5 nitrogen and oxygen atoms in total. The number of ketones is 1. The van der Waals surface area contributed by atoms with Crippen molar-refractivity contribution in [2.75, 3.05) is 13.7 Å². The number of ether oxygens (including phenoxy) is 1. The molecule has 0 radical (unpaired) electrons. The lowest BCUT2D eigenvalue weighted by Crippen LogP contribution is -2.37. The summed E-state index contributed by atoms with van der Waals surface area (Å²) in [7, 11) is 1.53. The fraction of sp³-hybridized carbons (Fsp3) is 0.379. The molecule has 0 amide bonds. The second kappa shape index (κ2) is 10.3. The number of aliphatic hydroxyl groups is 1. The minimum atomic E-state index is -1.19. The molecule has 1 aliphatic rings. The highest BCUT2D eigenvalue weighted by atomic mass is 16.5. The first-order chi connectivity index (χ1) is 15.8. The highest BCUT2D eigenvalue weighted by Gasteiger charge is 2.40. The summed E-state index contributed by atoms with van der Waals surface area (Å²) in [6.45, 7) is 11.5. The fourth-order valence-electron chi connectivity index (χ4n) is 3.52.